The van der Waals surface area contributed by atoms with E-state index in [4.69, 9.17) is 5.84 Å². The molecule has 0 aliphatic heterocycles. The number of sulfonamides is 1. The lowest BCUT2D eigenvalue weighted by molar-refractivity contribution is 0.576. The highest BCUT2D eigenvalue weighted by atomic mass is 32.2. The Kier molecular flexibility index (Phi) is 7.22. The zero-order chi connectivity index (χ0) is 14.1. The minimum Gasteiger partial charge on any atom is -0.323 e. The van der Waals surface area contributed by atoms with Crippen molar-refractivity contribution in [2.24, 2.45) is 5.84 Å². The van der Waals surface area contributed by atoms with Crippen LogP contribution in [0.2, 0.25) is 0 Å². The first kappa shape index (κ1) is 16.3. The third-order valence-electron chi connectivity index (χ3n) is 2.65. The number of nitrogens with two attached hydrogens (primary N) is 1. The first-order chi connectivity index (χ1) is 9.11. The van der Waals surface area contributed by atoms with Gasteiger partial charge in [-0.1, -0.05) is 18.6 Å². The Hall–Kier alpha value is -0.760. The molecule has 0 bridgehead atoms. The fourth-order valence-corrected chi connectivity index (χ4v) is 3.39. The molecule has 0 amide bonds. The van der Waals surface area contributed by atoms with Crippen LogP contribution in [0.15, 0.2) is 29.2 Å². The molecule has 1 rings (SSSR count). The van der Waals surface area contributed by atoms with Gasteiger partial charge in [-0.3, -0.25) is 5.84 Å². The standard InChI is InChI=1S/C12H21N3O2S2/c1-18-10-6-2-5-9-14-19(16,17)12-8-4-3-7-11(12)15-13/h3-4,7-8,14-15H,2,5-6,9-10,13H2,1H3. The van der Waals surface area contributed by atoms with Crippen molar-refractivity contribution in [3.05, 3.63) is 24.3 Å². The highest BCUT2D eigenvalue weighted by molar-refractivity contribution is 7.98. The smallest absolute Gasteiger partial charge is 0.242 e. The Balaban J connectivity index is 2.52. The van der Waals surface area contributed by atoms with E-state index in [0.29, 0.717) is 12.2 Å². The van der Waals surface area contributed by atoms with Crippen LogP contribution in [0.3, 0.4) is 0 Å². The van der Waals surface area contributed by atoms with Crippen molar-refractivity contribution in [1.29, 1.82) is 0 Å². The van der Waals surface area contributed by atoms with Crippen LogP contribution in [0.25, 0.3) is 0 Å². The molecule has 1 aromatic rings. The van der Waals surface area contributed by atoms with E-state index < -0.39 is 10.0 Å². The molecular formula is C12H21N3O2S2. The number of hydrazine groups is 1. The van der Waals surface area contributed by atoms with E-state index in [1.165, 1.54) is 6.07 Å². The van der Waals surface area contributed by atoms with Crippen LogP contribution in [-0.2, 0) is 10.0 Å². The lowest BCUT2D eigenvalue weighted by Gasteiger charge is -2.10. The van der Waals surface area contributed by atoms with Gasteiger partial charge in [-0.15, -0.1) is 0 Å². The summed E-state index contributed by atoms with van der Waals surface area (Å²) in [6, 6.07) is 6.57. The van der Waals surface area contributed by atoms with Crippen LogP contribution in [0.5, 0.6) is 0 Å². The van der Waals surface area contributed by atoms with Gasteiger partial charge in [0.05, 0.1) is 5.69 Å². The van der Waals surface area contributed by atoms with E-state index in [0.717, 1.165) is 25.0 Å². The van der Waals surface area contributed by atoms with Crippen molar-refractivity contribution in [3.8, 4) is 0 Å². The molecule has 0 spiro atoms. The van der Waals surface area contributed by atoms with E-state index in [9.17, 15) is 8.42 Å². The number of rotatable bonds is 9. The molecule has 0 saturated carbocycles. The van der Waals surface area contributed by atoms with Gasteiger partial charge in [0.15, 0.2) is 0 Å². The maximum absolute atomic E-state index is 12.1. The van der Waals surface area contributed by atoms with Gasteiger partial charge in [-0.25, -0.2) is 13.1 Å². The van der Waals surface area contributed by atoms with Gasteiger partial charge in [0, 0.05) is 6.54 Å². The molecule has 0 aromatic heterocycles. The first-order valence-electron chi connectivity index (χ1n) is 6.16. The summed E-state index contributed by atoms with van der Waals surface area (Å²) in [7, 11) is -3.49. The summed E-state index contributed by atoms with van der Waals surface area (Å²) < 4.78 is 26.8. The number of hydrogen-bond donors (Lipinski definition) is 3. The van der Waals surface area contributed by atoms with Crippen LogP contribution in [0, 0.1) is 0 Å². The molecule has 0 radical (unpaired) electrons. The Morgan fingerprint density at radius 3 is 2.63 bits per heavy atom. The summed E-state index contributed by atoms with van der Waals surface area (Å²) in [5.41, 5.74) is 2.80. The van der Waals surface area contributed by atoms with Gasteiger partial charge in [-0.05, 0) is 37.0 Å². The molecular weight excluding hydrogens is 282 g/mol. The Bertz CT molecular complexity index is 478. The molecule has 0 aliphatic rings. The van der Waals surface area contributed by atoms with Gasteiger partial charge in [-0.2, -0.15) is 11.8 Å². The average molecular weight is 303 g/mol. The molecule has 0 atom stereocenters. The topological polar surface area (TPSA) is 84.2 Å². The monoisotopic (exact) mass is 303 g/mol. The minimum absolute atomic E-state index is 0.182. The van der Waals surface area contributed by atoms with Gasteiger partial charge < -0.3 is 5.43 Å². The van der Waals surface area contributed by atoms with Gasteiger partial charge in [0.2, 0.25) is 10.0 Å². The second-order valence-electron chi connectivity index (χ2n) is 4.09. The molecule has 0 heterocycles. The van der Waals surface area contributed by atoms with Crippen molar-refractivity contribution in [2.45, 2.75) is 24.2 Å². The summed E-state index contributed by atoms with van der Waals surface area (Å²) in [4.78, 5) is 0.182. The predicted octanol–water partition coefficient (Wildman–Crippen LogP) is 1.78. The van der Waals surface area contributed by atoms with E-state index in [1.807, 2.05) is 0 Å². The summed E-state index contributed by atoms with van der Waals surface area (Å²) >= 11 is 1.81. The zero-order valence-corrected chi connectivity index (χ0v) is 12.7. The van der Waals surface area contributed by atoms with E-state index in [1.54, 1.807) is 30.0 Å². The van der Waals surface area contributed by atoms with E-state index in [-0.39, 0.29) is 4.90 Å². The van der Waals surface area contributed by atoms with E-state index in [2.05, 4.69) is 16.4 Å². The molecule has 0 saturated heterocycles. The highest BCUT2D eigenvalue weighted by Crippen LogP contribution is 2.19. The Labute approximate surface area is 119 Å². The largest absolute Gasteiger partial charge is 0.323 e. The normalized spacial score (nSPS) is 11.5. The Morgan fingerprint density at radius 1 is 1.21 bits per heavy atom. The molecule has 1 aromatic carbocycles. The summed E-state index contributed by atoms with van der Waals surface area (Å²) in [6.07, 6.45) is 5.06. The maximum atomic E-state index is 12.1. The molecule has 7 heteroatoms. The second kappa shape index (κ2) is 8.42. The van der Waals surface area contributed by atoms with E-state index >= 15 is 0 Å². The molecule has 5 nitrogen and oxygen atoms in total. The minimum atomic E-state index is -3.49. The Morgan fingerprint density at radius 2 is 1.95 bits per heavy atom. The second-order valence-corrected chi connectivity index (χ2v) is 6.81. The van der Waals surface area contributed by atoms with Gasteiger partial charge in [0.1, 0.15) is 4.90 Å². The van der Waals surface area contributed by atoms with Crippen molar-refractivity contribution in [3.63, 3.8) is 0 Å². The molecule has 4 N–H and O–H groups in total. The van der Waals surface area contributed by atoms with Crippen molar-refractivity contribution < 1.29 is 8.42 Å². The SMILES string of the molecule is CSCCCCCNS(=O)(=O)c1ccccc1NN. The number of hydrogen-bond acceptors (Lipinski definition) is 5. The maximum Gasteiger partial charge on any atom is 0.242 e. The zero-order valence-electron chi connectivity index (χ0n) is 11.1. The number of anilines is 1. The van der Waals surface area contributed by atoms with Crippen molar-refractivity contribution >= 4 is 27.5 Å². The number of unbranched alkanes of at least 4 members (excludes halogenated alkanes) is 2. The molecule has 0 aliphatic carbocycles. The van der Waals surface area contributed by atoms with Crippen LogP contribution in [0.4, 0.5) is 5.69 Å². The highest BCUT2D eigenvalue weighted by Gasteiger charge is 2.16. The number of para-hydroxylation sites is 1. The fraction of sp³-hybridized carbons (Fsp3) is 0.500. The molecule has 0 unspecified atom stereocenters. The summed E-state index contributed by atoms with van der Waals surface area (Å²) in [6.45, 7) is 0.454. The number of benzene rings is 1. The average Bonchev–Trinajstić information content (AvgIpc) is 2.42. The van der Waals surface area contributed by atoms with Crippen molar-refractivity contribution in [2.75, 3.05) is 24.0 Å². The van der Waals surface area contributed by atoms with Gasteiger partial charge in [0.25, 0.3) is 0 Å². The number of nitrogens with one attached hydrogen (secondary N) is 2. The molecule has 19 heavy (non-hydrogen) atoms. The van der Waals surface area contributed by atoms with Gasteiger partial charge >= 0.3 is 0 Å². The van der Waals surface area contributed by atoms with Crippen molar-refractivity contribution in [1.82, 2.24) is 4.72 Å². The fourth-order valence-electron chi connectivity index (χ4n) is 1.65. The van der Waals surface area contributed by atoms with Crippen LogP contribution in [0.1, 0.15) is 19.3 Å². The molecule has 0 fully saturated rings. The third kappa shape index (κ3) is 5.40. The summed E-state index contributed by atoms with van der Waals surface area (Å²) in [5.74, 6) is 6.43. The first-order valence-corrected chi connectivity index (χ1v) is 9.04. The predicted molar refractivity (Wildman–Crippen MR) is 81.7 cm³/mol. The number of thioether (sulfide) groups is 1. The molecule has 108 valence electrons. The lowest BCUT2D eigenvalue weighted by atomic mass is 10.2. The summed E-state index contributed by atoms with van der Waals surface area (Å²) in [5, 5.41) is 0. The van der Waals surface area contributed by atoms with Crippen LogP contribution < -0.4 is 16.0 Å². The number of nitrogen functional groups attached to an aromatic ring is 1. The van der Waals surface area contributed by atoms with Crippen LogP contribution in [-0.4, -0.2) is 27.0 Å². The van der Waals surface area contributed by atoms with Crippen LogP contribution >= 0.6 is 11.8 Å². The lowest BCUT2D eigenvalue weighted by Crippen LogP contribution is -2.26. The third-order valence-corrected chi connectivity index (χ3v) is 4.87. The quantitative estimate of drug-likeness (QED) is 0.368.